The van der Waals surface area contributed by atoms with Gasteiger partial charge in [0.15, 0.2) is 0 Å². The molecule has 0 aromatic carbocycles. The second kappa shape index (κ2) is 7.91. The van der Waals surface area contributed by atoms with Crippen molar-refractivity contribution >= 4 is 34.8 Å². The second-order valence-electron chi connectivity index (χ2n) is 6.46. The van der Waals surface area contributed by atoms with E-state index in [9.17, 15) is 4.79 Å². The number of hydrogen-bond acceptors (Lipinski definition) is 9. The van der Waals surface area contributed by atoms with Gasteiger partial charge in [0, 0.05) is 41.1 Å². The van der Waals surface area contributed by atoms with E-state index in [-0.39, 0.29) is 19.0 Å². The molecule has 0 bridgehead atoms. The zero-order valence-electron chi connectivity index (χ0n) is 16.4. The molecule has 29 heavy (non-hydrogen) atoms. The fraction of sp³-hybridized carbons (Fsp3) is 0.333. The number of ether oxygens (including phenoxy) is 1. The number of rotatable bonds is 6. The first kappa shape index (κ1) is 19.5. The van der Waals surface area contributed by atoms with E-state index >= 15 is 0 Å². The lowest BCUT2D eigenvalue weighted by molar-refractivity contribution is -0.144. The molecule has 0 aliphatic heterocycles. The van der Waals surface area contributed by atoms with Crippen molar-refractivity contribution in [1.82, 2.24) is 34.3 Å². The molecule has 0 amide bonds. The van der Waals surface area contributed by atoms with Gasteiger partial charge in [0.2, 0.25) is 5.16 Å². The van der Waals surface area contributed by atoms with E-state index in [0.29, 0.717) is 16.6 Å². The molecule has 0 aliphatic rings. The highest BCUT2D eigenvalue weighted by Crippen LogP contribution is 2.23. The van der Waals surface area contributed by atoms with E-state index in [4.69, 9.17) is 4.74 Å². The molecule has 4 aromatic rings. The topological polar surface area (TPSA) is 100 Å². The Bertz CT molecular complexity index is 1190. The minimum atomic E-state index is -0.335. The van der Waals surface area contributed by atoms with E-state index in [0.717, 1.165) is 27.5 Å². The Hall–Kier alpha value is -2.79. The van der Waals surface area contributed by atoms with Crippen molar-refractivity contribution in [3.05, 3.63) is 40.4 Å². The Balaban J connectivity index is 1.44. The molecule has 0 aliphatic carbocycles. The molecule has 4 aromatic heterocycles. The van der Waals surface area contributed by atoms with Gasteiger partial charge < -0.3 is 4.74 Å². The standard InChI is InChI=1S/C18H19N7O2S2/c1-10-14(11(2)25-17(20-10)22-18(23-25)28-4)5-15(26)27-8-13-9-29-16(21-13)12-6-19-24(3)7-12/h6-7,9H,5,8H2,1-4H3. The Labute approximate surface area is 175 Å². The van der Waals surface area contributed by atoms with Crippen LogP contribution < -0.4 is 0 Å². The number of carbonyl (C=O) groups is 1. The average Bonchev–Trinajstić information content (AvgIpc) is 3.42. The van der Waals surface area contributed by atoms with E-state index in [2.05, 4.69) is 25.1 Å². The highest BCUT2D eigenvalue weighted by atomic mass is 32.2. The molecular formula is C18H19N7O2S2. The van der Waals surface area contributed by atoms with Gasteiger partial charge >= 0.3 is 5.97 Å². The largest absolute Gasteiger partial charge is 0.459 e. The number of hydrogen-bond donors (Lipinski definition) is 0. The number of fused-ring (bicyclic) bond motifs is 1. The predicted molar refractivity (Wildman–Crippen MR) is 110 cm³/mol. The van der Waals surface area contributed by atoms with Crippen molar-refractivity contribution in [2.75, 3.05) is 6.26 Å². The lowest BCUT2D eigenvalue weighted by Gasteiger charge is -2.10. The smallest absolute Gasteiger partial charge is 0.310 e. The summed E-state index contributed by atoms with van der Waals surface area (Å²) in [5, 5.41) is 11.9. The fourth-order valence-electron chi connectivity index (χ4n) is 2.92. The summed E-state index contributed by atoms with van der Waals surface area (Å²) < 4.78 is 8.84. The van der Waals surface area contributed by atoms with Crippen molar-refractivity contribution in [3.8, 4) is 10.6 Å². The molecule has 0 radical (unpaired) electrons. The van der Waals surface area contributed by atoms with Gasteiger partial charge in [-0.15, -0.1) is 16.4 Å². The summed E-state index contributed by atoms with van der Waals surface area (Å²) in [6.45, 7) is 3.90. The van der Waals surface area contributed by atoms with Crippen LogP contribution in [-0.4, -0.2) is 46.6 Å². The van der Waals surface area contributed by atoms with Crippen LogP contribution in [0.1, 0.15) is 22.6 Å². The van der Waals surface area contributed by atoms with Gasteiger partial charge in [-0.3, -0.25) is 9.48 Å². The third-order valence-corrected chi connectivity index (χ3v) is 5.90. The number of thiazole rings is 1. The number of aromatic nitrogens is 7. The summed E-state index contributed by atoms with van der Waals surface area (Å²) >= 11 is 2.95. The first-order valence-corrected chi connectivity index (χ1v) is 10.9. The van der Waals surface area contributed by atoms with Crippen LogP contribution in [0, 0.1) is 13.8 Å². The maximum Gasteiger partial charge on any atom is 0.310 e. The van der Waals surface area contributed by atoms with Crippen LogP contribution >= 0.6 is 23.1 Å². The Morgan fingerprint density at radius 1 is 1.28 bits per heavy atom. The lowest BCUT2D eigenvalue weighted by Crippen LogP contribution is -2.13. The Kier molecular flexibility index (Phi) is 5.33. The van der Waals surface area contributed by atoms with Crippen molar-refractivity contribution in [2.24, 2.45) is 7.05 Å². The molecule has 0 unspecified atom stereocenters. The van der Waals surface area contributed by atoms with Crippen LogP contribution in [0.3, 0.4) is 0 Å². The second-order valence-corrected chi connectivity index (χ2v) is 8.09. The summed E-state index contributed by atoms with van der Waals surface area (Å²) in [5.41, 5.74) is 4.04. The summed E-state index contributed by atoms with van der Waals surface area (Å²) in [6, 6.07) is 0. The lowest BCUT2D eigenvalue weighted by atomic mass is 10.1. The molecule has 0 atom stereocenters. The van der Waals surface area contributed by atoms with Gasteiger partial charge in [-0.1, -0.05) is 11.8 Å². The van der Waals surface area contributed by atoms with Gasteiger partial charge in [0.1, 0.15) is 11.6 Å². The average molecular weight is 430 g/mol. The van der Waals surface area contributed by atoms with E-state index in [1.165, 1.54) is 23.1 Å². The molecule has 4 heterocycles. The van der Waals surface area contributed by atoms with Crippen molar-refractivity contribution in [2.45, 2.75) is 32.0 Å². The minimum absolute atomic E-state index is 0.120. The van der Waals surface area contributed by atoms with E-state index < -0.39 is 0 Å². The zero-order chi connectivity index (χ0) is 20.5. The molecule has 150 valence electrons. The number of aryl methyl sites for hydroxylation is 3. The zero-order valence-corrected chi connectivity index (χ0v) is 18.0. The Morgan fingerprint density at radius 3 is 2.83 bits per heavy atom. The number of thioether (sulfide) groups is 1. The van der Waals surface area contributed by atoms with Crippen molar-refractivity contribution in [1.29, 1.82) is 0 Å². The van der Waals surface area contributed by atoms with Crippen LogP contribution in [0.15, 0.2) is 22.9 Å². The molecule has 4 rings (SSSR count). The maximum atomic E-state index is 12.4. The third kappa shape index (κ3) is 4.01. The molecule has 0 spiro atoms. The maximum absolute atomic E-state index is 12.4. The molecule has 9 nitrogen and oxygen atoms in total. The normalized spacial score (nSPS) is 11.3. The third-order valence-electron chi connectivity index (χ3n) is 4.42. The number of nitrogens with zero attached hydrogens (tertiary/aromatic N) is 7. The SMILES string of the molecule is CSc1nc2nc(C)c(CC(=O)OCc3csc(-c4cnn(C)c4)n3)c(C)n2n1. The highest BCUT2D eigenvalue weighted by Gasteiger charge is 2.17. The number of carbonyl (C=O) groups excluding carboxylic acids is 1. The monoisotopic (exact) mass is 429 g/mol. The van der Waals surface area contributed by atoms with Crippen LogP contribution in [0.25, 0.3) is 16.3 Å². The fourth-order valence-corrected chi connectivity index (χ4v) is 4.04. The molecule has 11 heteroatoms. The summed E-state index contributed by atoms with van der Waals surface area (Å²) in [6.07, 6.45) is 5.69. The summed E-state index contributed by atoms with van der Waals surface area (Å²) in [5.74, 6) is 0.199. The summed E-state index contributed by atoms with van der Waals surface area (Å²) in [7, 11) is 1.86. The van der Waals surface area contributed by atoms with Gasteiger partial charge in [0.25, 0.3) is 5.78 Å². The van der Waals surface area contributed by atoms with E-state index in [1.807, 2.05) is 38.7 Å². The van der Waals surface area contributed by atoms with Gasteiger partial charge in [-0.25, -0.2) is 14.5 Å². The van der Waals surface area contributed by atoms with E-state index in [1.54, 1.807) is 15.4 Å². The predicted octanol–water partition coefficient (Wildman–Crippen LogP) is 2.61. The first-order valence-electron chi connectivity index (χ1n) is 8.80. The summed E-state index contributed by atoms with van der Waals surface area (Å²) in [4.78, 5) is 25.8. The van der Waals surface area contributed by atoms with Crippen LogP contribution in [-0.2, 0) is 29.6 Å². The molecule has 0 saturated heterocycles. The van der Waals surface area contributed by atoms with Crippen molar-refractivity contribution in [3.63, 3.8) is 0 Å². The van der Waals surface area contributed by atoms with Gasteiger partial charge in [-0.2, -0.15) is 10.1 Å². The van der Waals surface area contributed by atoms with Gasteiger partial charge in [0.05, 0.1) is 18.3 Å². The molecule has 0 fully saturated rings. The first-order chi connectivity index (χ1) is 13.9. The number of esters is 1. The minimum Gasteiger partial charge on any atom is -0.459 e. The van der Waals surface area contributed by atoms with Crippen LogP contribution in [0.5, 0.6) is 0 Å². The quantitative estimate of drug-likeness (QED) is 0.341. The Morgan fingerprint density at radius 2 is 2.10 bits per heavy atom. The van der Waals surface area contributed by atoms with Crippen LogP contribution in [0.2, 0.25) is 0 Å². The molecule has 0 saturated carbocycles. The molecular weight excluding hydrogens is 410 g/mol. The van der Waals surface area contributed by atoms with Crippen molar-refractivity contribution < 1.29 is 9.53 Å². The van der Waals surface area contributed by atoms with Crippen LogP contribution in [0.4, 0.5) is 0 Å². The highest BCUT2D eigenvalue weighted by molar-refractivity contribution is 7.98. The van der Waals surface area contributed by atoms with Gasteiger partial charge in [-0.05, 0) is 20.1 Å². The molecule has 0 N–H and O–H groups in total.